The lowest BCUT2D eigenvalue weighted by molar-refractivity contribution is -0.0614. The molecule has 2 N–H and O–H groups in total. The van der Waals surface area contributed by atoms with Gasteiger partial charge in [-0.1, -0.05) is 6.42 Å². The Kier molecular flexibility index (Phi) is 5.19. The lowest BCUT2D eigenvalue weighted by atomic mass is 10.0. The molecular formula is C16H25N3O5. The molecule has 3 heterocycles. The average Bonchev–Trinajstić information content (AvgIpc) is 2.85. The first-order valence-electron chi connectivity index (χ1n) is 8.43. The van der Waals surface area contributed by atoms with Crippen LogP contribution in [0.5, 0.6) is 0 Å². The van der Waals surface area contributed by atoms with E-state index in [9.17, 15) is 14.7 Å². The molecule has 1 aromatic rings. The van der Waals surface area contributed by atoms with Crippen LogP contribution in [0.15, 0.2) is 21.9 Å². The number of aliphatic hydroxyl groups is 1. The Bertz CT molecular complexity index is 672. The Morgan fingerprint density at radius 3 is 2.88 bits per heavy atom. The maximum atomic E-state index is 12.0. The Morgan fingerprint density at radius 2 is 2.21 bits per heavy atom. The summed E-state index contributed by atoms with van der Waals surface area (Å²) in [5, 5.41) is 10.6. The fourth-order valence-corrected chi connectivity index (χ4v) is 3.64. The van der Waals surface area contributed by atoms with Crippen LogP contribution in [0.3, 0.4) is 0 Å². The summed E-state index contributed by atoms with van der Waals surface area (Å²) >= 11 is 0. The second kappa shape index (κ2) is 7.18. The number of aliphatic hydroxyl groups excluding tert-OH is 1. The summed E-state index contributed by atoms with van der Waals surface area (Å²) in [6.07, 6.45) is 2.16. The van der Waals surface area contributed by atoms with Crippen molar-refractivity contribution >= 4 is 0 Å². The van der Waals surface area contributed by atoms with E-state index in [0.717, 1.165) is 19.4 Å². The second-order valence-electron chi connectivity index (χ2n) is 6.61. The molecule has 5 atom stereocenters. The molecule has 0 radical (unpaired) electrons. The Hall–Kier alpha value is -1.48. The van der Waals surface area contributed by atoms with E-state index in [4.69, 9.17) is 9.47 Å². The largest absolute Gasteiger partial charge is 0.387 e. The molecule has 2 fully saturated rings. The summed E-state index contributed by atoms with van der Waals surface area (Å²) in [5.41, 5.74) is -1.05. The minimum absolute atomic E-state index is 0.445. The average molecular weight is 339 g/mol. The number of nitrogens with zero attached hydrogens (tertiary/aromatic N) is 2. The van der Waals surface area contributed by atoms with Crippen LogP contribution in [0.25, 0.3) is 0 Å². The van der Waals surface area contributed by atoms with Crippen molar-refractivity contribution in [2.24, 2.45) is 0 Å². The third-order valence-electron chi connectivity index (χ3n) is 5.07. The van der Waals surface area contributed by atoms with Gasteiger partial charge in [0.1, 0.15) is 18.3 Å². The molecule has 8 heteroatoms. The molecule has 2 aliphatic heterocycles. The van der Waals surface area contributed by atoms with Gasteiger partial charge in [0.2, 0.25) is 0 Å². The zero-order chi connectivity index (χ0) is 17.3. The lowest BCUT2D eigenvalue weighted by Gasteiger charge is -2.35. The van der Waals surface area contributed by atoms with Crippen LogP contribution < -0.4 is 11.2 Å². The molecule has 1 aromatic heterocycles. The van der Waals surface area contributed by atoms with Gasteiger partial charge in [0.15, 0.2) is 6.23 Å². The number of aromatic nitrogens is 2. The number of likely N-dealkylation sites (tertiary alicyclic amines) is 1. The monoisotopic (exact) mass is 339 g/mol. The standard InChI is InChI=1S/C16H25N3O5/c1-10-5-3-4-7-18(10)9-11-13(21)14(23-2)15(24-11)19-8-6-12(20)17-16(19)22/h6,8,10-11,13-15,21H,3-5,7,9H2,1-2H3,(H,17,20,22)/t10?,11-,13?,14?,15-/m1/s1. The van der Waals surface area contributed by atoms with Gasteiger partial charge in [-0.05, 0) is 26.3 Å². The summed E-state index contributed by atoms with van der Waals surface area (Å²) in [4.78, 5) is 27.8. The van der Waals surface area contributed by atoms with Crippen molar-refractivity contribution in [2.45, 2.75) is 56.8 Å². The first-order chi connectivity index (χ1) is 11.5. The van der Waals surface area contributed by atoms with Crippen molar-refractivity contribution in [3.05, 3.63) is 33.1 Å². The fraction of sp³-hybridized carbons (Fsp3) is 0.750. The highest BCUT2D eigenvalue weighted by Crippen LogP contribution is 2.31. The van der Waals surface area contributed by atoms with Crippen LogP contribution in [0.4, 0.5) is 0 Å². The van der Waals surface area contributed by atoms with Crippen LogP contribution in [0, 0.1) is 0 Å². The summed E-state index contributed by atoms with van der Waals surface area (Å²) in [6, 6.07) is 1.70. The SMILES string of the molecule is COC1C(O)[C@@H](CN2CCCCC2C)O[C@H]1n1ccc(=O)[nH]c1=O. The number of methoxy groups -OCH3 is 1. The molecule has 0 bridgehead atoms. The lowest BCUT2D eigenvalue weighted by Crippen LogP contribution is -2.46. The molecule has 3 rings (SSSR count). The number of hydrogen-bond acceptors (Lipinski definition) is 6. The van der Waals surface area contributed by atoms with Gasteiger partial charge in [-0.15, -0.1) is 0 Å². The number of hydrogen-bond donors (Lipinski definition) is 2. The Morgan fingerprint density at radius 1 is 1.42 bits per heavy atom. The van der Waals surface area contributed by atoms with Crippen LogP contribution in [0.2, 0.25) is 0 Å². The van der Waals surface area contributed by atoms with Gasteiger partial charge in [0.05, 0.1) is 0 Å². The third kappa shape index (κ3) is 3.32. The van der Waals surface area contributed by atoms with Crippen molar-refractivity contribution in [1.29, 1.82) is 0 Å². The highest BCUT2D eigenvalue weighted by molar-refractivity contribution is 4.95. The van der Waals surface area contributed by atoms with E-state index in [1.807, 2.05) is 0 Å². The molecule has 2 saturated heterocycles. The smallest absolute Gasteiger partial charge is 0.330 e. The van der Waals surface area contributed by atoms with Gasteiger partial charge >= 0.3 is 5.69 Å². The summed E-state index contributed by atoms with van der Waals surface area (Å²) in [7, 11) is 1.48. The van der Waals surface area contributed by atoms with Crippen LogP contribution in [-0.2, 0) is 9.47 Å². The van der Waals surface area contributed by atoms with Crippen molar-refractivity contribution in [3.8, 4) is 0 Å². The fourth-order valence-electron chi connectivity index (χ4n) is 3.64. The second-order valence-corrected chi connectivity index (χ2v) is 6.61. The zero-order valence-electron chi connectivity index (χ0n) is 14.1. The van der Waals surface area contributed by atoms with Crippen molar-refractivity contribution in [2.75, 3.05) is 20.2 Å². The topological polar surface area (TPSA) is 96.8 Å². The summed E-state index contributed by atoms with van der Waals surface area (Å²) in [5.74, 6) is 0. The maximum absolute atomic E-state index is 12.0. The van der Waals surface area contributed by atoms with Crippen molar-refractivity contribution in [3.63, 3.8) is 0 Å². The molecule has 3 unspecified atom stereocenters. The molecule has 24 heavy (non-hydrogen) atoms. The zero-order valence-corrected chi connectivity index (χ0v) is 14.1. The number of aromatic amines is 1. The highest BCUT2D eigenvalue weighted by atomic mass is 16.6. The summed E-state index contributed by atoms with van der Waals surface area (Å²) in [6.45, 7) is 3.75. The first kappa shape index (κ1) is 17.3. The number of nitrogens with one attached hydrogen (secondary N) is 1. The van der Waals surface area contributed by atoms with E-state index >= 15 is 0 Å². The van der Waals surface area contributed by atoms with Gasteiger partial charge in [0.25, 0.3) is 5.56 Å². The first-order valence-corrected chi connectivity index (χ1v) is 8.43. The molecule has 134 valence electrons. The van der Waals surface area contributed by atoms with Gasteiger partial charge in [0, 0.05) is 32.0 Å². The summed E-state index contributed by atoms with van der Waals surface area (Å²) < 4.78 is 12.6. The van der Waals surface area contributed by atoms with E-state index in [0.29, 0.717) is 12.6 Å². The number of rotatable bonds is 4. The quantitative estimate of drug-likeness (QED) is 0.781. The molecule has 0 aliphatic carbocycles. The van der Waals surface area contributed by atoms with Crippen LogP contribution in [-0.4, -0.2) is 64.1 Å². The Labute approximate surface area is 140 Å². The Balaban J connectivity index is 1.79. The molecule has 0 saturated carbocycles. The van der Waals surface area contributed by atoms with Gasteiger partial charge in [-0.3, -0.25) is 19.2 Å². The number of H-pyrrole nitrogens is 1. The van der Waals surface area contributed by atoms with Gasteiger partial charge in [-0.25, -0.2) is 4.79 Å². The van der Waals surface area contributed by atoms with E-state index in [2.05, 4.69) is 16.8 Å². The number of ether oxygens (including phenoxy) is 2. The third-order valence-corrected chi connectivity index (χ3v) is 5.07. The molecule has 8 nitrogen and oxygen atoms in total. The predicted molar refractivity (Wildman–Crippen MR) is 86.9 cm³/mol. The minimum Gasteiger partial charge on any atom is -0.387 e. The maximum Gasteiger partial charge on any atom is 0.330 e. The molecule has 0 amide bonds. The van der Waals surface area contributed by atoms with E-state index < -0.39 is 35.8 Å². The van der Waals surface area contributed by atoms with E-state index in [-0.39, 0.29) is 0 Å². The van der Waals surface area contributed by atoms with E-state index in [1.54, 1.807) is 0 Å². The van der Waals surface area contributed by atoms with Gasteiger partial charge < -0.3 is 14.6 Å². The predicted octanol–water partition coefficient (Wildman–Crippen LogP) is -0.316. The normalized spacial score (nSPS) is 34.5. The highest BCUT2D eigenvalue weighted by Gasteiger charge is 2.46. The van der Waals surface area contributed by atoms with Crippen molar-refractivity contribution < 1.29 is 14.6 Å². The molecule has 0 aromatic carbocycles. The molecule has 0 spiro atoms. The minimum atomic E-state index is -0.840. The van der Waals surface area contributed by atoms with Crippen LogP contribution >= 0.6 is 0 Å². The van der Waals surface area contributed by atoms with Gasteiger partial charge in [-0.2, -0.15) is 0 Å². The van der Waals surface area contributed by atoms with Crippen LogP contribution in [0.1, 0.15) is 32.4 Å². The number of piperidine rings is 1. The molecule has 2 aliphatic rings. The van der Waals surface area contributed by atoms with E-state index in [1.165, 1.54) is 30.4 Å². The molecular weight excluding hydrogens is 314 g/mol. The van der Waals surface area contributed by atoms with Crippen molar-refractivity contribution in [1.82, 2.24) is 14.5 Å².